The zero-order valence-electron chi connectivity index (χ0n) is 18.0. The Morgan fingerprint density at radius 2 is 1.42 bits per heavy atom. The third-order valence-electron chi connectivity index (χ3n) is 5.73. The van der Waals surface area contributed by atoms with Crippen LogP contribution in [0.25, 0.3) is 5.57 Å². The van der Waals surface area contributed by atoms with Gasteiger partial charge in [-0.05, 0) is 61.2 Å². The molecule has 1 saturated heterocycles. The van der Waals surface area contributed by atoms with Crippen molar-refractivity contribution in [1.29, 1.82) is 0 Å². The first-order valence-corrected chi connectivity index (χ1v) is 10.3. The molecule has 0 saturated carbocycles. The maximum absolute atomic E-state index is 13.6. The monoisotopic (exact) mass is 422 g/mol. The lowest BCUT2D eigenvalue weighted by molar-refractivity contribution is -0.120. The lowest BCUT2D eigenvalue weighted by atomic mass is 10.0. The van der Waals surface area contributed by atoms with Crippen molar-refractivity contribution in [3.63, 3.8) is 0 Å². The van der Waals surface area contributed by atoms with Crippen LogP contribution in [0.5, 0.6) is 17.2 Å². The van der Waals surface area contributed by atoms with Crippen molar-refractivity contribution >= 4 is 23.1 Å². The van der Waals surface area contributed by atoms with Crippen LogP contribution in [0.4, 0.5) is 5.69 Å². The Bertz CT molecular complexity index is 1020. The van der Waals surface area contributed by atoms with Gasteiger partial charge in [-0.2, -0.15) is 0 Å². The summed E-state index contributed by atoms with van der Waals surface area (Å²) in [4.78, 5) is 30.4. The second-order valence-corrected chi connectivity index (χ2v) is 7.48. The summed E-state index contributed by atoms with van der Waals surface area (Å²) in [5, 5.41) is 0. The van der Waals surface area contributed by atoms with Gasteiger partial charge in [0, 0.05) is 13.1 Å². The molecule has 162 valence electrons. The number of nitrogens with zero attached hydrogens (tertiary/aromatic N) is 2. The molecule has 0 unspecified atom stereocenters. The molecule has 2 aliphatic heterocycles. The fraction of sp³-hybridized carbons (Fsp3) is 0.333. The summed E-state index contributed by atoms with van der Waals surface area (Å²) >= 11 is 0. The summed E-state index contributed by atoms with van der Waals surface area (Å²) in [5.74, 6) is 1.08. The number of hydrogen-bond acceptors (Lipinski definition) is 6. The summed E-state index contributed by atoms with van der Waals surface area (Å²) in [6, 6.07) is 12.2. The summed E-state index contributed by atoms with van der Waals surface area (Å²) < 4.78 is 16.0. The van der Waals surface area contributed by atoms with Gasteiger partial charge in [-0.3, -0.25) is 9.59 Å². The van der Waals surface area contributed by atoms with Gasteiger partial charge in [-0.25, -0.2) is 4.90 Å². The maximum Gasteiger partial charge on any atom is 0.282 e. The van der Waals surface area contributed by atoms with Crippen LogP contribution in [0.15, 0.2) is 48.2 Å². The Morgan fingerprint density at radius 1 is 0.742 bits per heavy atom. The Balaban J connectivity index is 1.82. The van der Waals surface area contributed by atoms with E-state index in [4.69, 9.17) is 14.2 Å². The molecule has 2 aromatic rings. The quantitative estimate of drug-likeness (QED) is 0.664. The highest BCUT2D eigenvalue weighted by atomic mass is 16.5. The number of piperidine rings is 1. The Morgan fingerprint density at radius 3 is 2.03 bits per heavy atom. The highest BCUT2D eigenvalue weighted by molar-refractivity contribution is 6.45. The third kappa shape index (κ3) is 3.71. The van der Waals surface area contributed by atoms with Crippen LogP contribution in [0.3, 0.4) is 0 Å². The second kappa shape index (κ2) is 8.71. The molecule has 2 heterocycles. The van der Waals surface area contributed by atoms with Gasteiger partial charge in [0.2, 0.25) is 0 Å². The lowest BCUT2D eigenvalue weighted by Crippen LogP contribution is -2.37. The molecule has 2 aliphatic rings. The van der Waals surface area contributed by atoms with Crippen molar-refractivity contribution in [2.24, 2.45) is 0 Å². The average Bonchev–Trinajstić information content (AvgIpc) is 3.09. The molecular formula is C24H26N2O5. The zero-order chi connectivity index (χ0) is 22.0. The number of amides is 2. The van der Waals surface area contributed by atoms with Crippen molar-refractivity contribution in [2.45, 2.75) is 19.3 Å². The smallest absolute Gasteiger partial charge is 0.282 e. The van der Waals surface area contributed by atoms with Crippen molar-refractivity contribution in [3.8, 4) is 17.2 Å². The minimum absolute atomic E-state index is 0.304. The topological polar surface area (TPSA) is 68.3 Å². The van der Waals surface area contributed by atoms with Crippen LogP contribution in [0.1, 0.15) is 24.8 Å². The van der Waals surface area contributed by atoms with E-state index in [9.17, 15) is 9.59 Å². The van der Waals surface area contributed by atoms with Crippen molar-refractivity contribution < 1.29 is 23.8 Å². The molecular weight excluding hydrogens is 396 g/mol. The van der Waals surface area contributed by atoms with Crippen molar-refractivity contribution in [1.82, 2.24) is 4.90 Å². The van der Waals surface area contributed by atoms with E-state index < -0.39 is 0 Å². The van der Waals surface area contributed by atoms with E-state index in [1.807, 2.05) is 4.90 Å². The summed E-state index contributed by atoms with van der Waals surface area (Å²) in [5.41, 5.74) is 1.99. The molecule has 4 rings (SSSR count). The van der Waals surface area contributed by atoms with Crippen molar-refractivity contribution in [3.05, 3.63) is 53.7 Å². The number of anilines is 1. The van der Waals surface area contributed by atoms with Gasteiger partial charge in [0.15, 0.2) is 11.5 Å². The molecule has 0 N–H and O–H groups in total. The normalized spacial score (nSPS) is 16.7. The molecule has 0 spiro atoms. The Labute approximate surface area is 181 Å². The predicted octanol–water partition coefficient (Wildman–Crippen LogP) is 3.48. The summed E-state index contributed by atoms with van der Waals surface area (Å²) in [6.07, 6.45) is 3.11. The van der Waals surface area contributed by atoms with Crippen LogP contribution in [-0.4, -0.2) is 51.1 Å². The molecule has 7 heteroatoms. The van der Waals surface area contributed by atoms with Crippen LogP contribution in [0.2, 0.25) is 0 Å². The molecule has 0 aliphatic carbocycles. The molecule has 0 aromatic heterocycles. The van der Waals surface area contributed by atoms with Gasteiger partial charge in [0.1, 0.15) is 11.4 Å². The van der Waals surface area contributed by atoms with Gasteiger partial charge in [0.25, 0.3) is 11.8 Å². The van der Waals surface area contributed by atoms with Crippen LogP contribution in [0, 0.1) is 0 Å². The number of carbonyl (C=O) groups excluding carboxylic acids is 2. The van der Waals surface area contributed by atoms with E-state index in [2.05, 4.69) is 0 Å². The zero-order valence-corrected chi connectivity index (χ0v) is 18.0. The average molecular weight is 422 g/mol. The van der Waals surface area contributed by atoms with Crippen LogP contribution < -0.4 is 19.1 Å². The molecule has 0 radical (unpaired) electrons. The van der Waals surface area contributed by atoms with Gasteiger partial charge in [-0.15, -0.1) is 0 Å². The highest BCUT2D eigenvalue weighted by Crippen LogP contribution is 2.39. The third-order valence-corrected chi connectivity index (χ3v) is 5.73. The largest absolute Gasteiger partial charge is 0.497 e. The van der Waals surface area contributed by atoms with E-state index in [0.717, 1.165) is 32.4 Å². The standard InChI is InChI=1S/C24H26N2O5/c1-29-18-10-8-17(9-11-18)26-23(27)21(16-7-12-19(30-2)20(15-16)31-3)22(24(26)28)25-13-5-4-6-14-25/h7-12,15H,4-6,13-14H2,1-3H3. The van der Waals surface area contributed by atoms with E-state index >= 15 is 0 Å². The number of methoxy groups -OCH3 is 3. The summed E-state index contributed by atoms with van der Waals surface area (Å²) in [7, 11) is 4.69. The Hall–Kier alpha value is -3.48. The first kappa shape index (κ1) is 20.8. The van der Waals surface area contributed by atoms with E-state index in [1.165, 1.54) is 4.90 Å². The predicted molar refractivity (Wildman–Crippen MR) is 117 cm³/mol. The number of imide groups is 1. The molecule has 2 amide bonds. The minimum atomic E-state index is -0.344. The number of ether oxygens (including phenoxy) is 3. The number of likely N-dealkylation sites (tertiary alicyclic amines) is 1. The first-order valence-electron chi connectivity index (χ1n) is 10.3. The SMILES string of the molecule is COc1ccc(N2C(=O)C(c3ccc(OC)c(OC)c3)=C(N3CCCCC3)C2=O)cc1. The molecule has 0 atom stereocenters. The van der Waals surface area contributed by atoms with E-state index in [0.29, 0.717) is 39.8 Å². The molecule has 7 nitrogen and oxygen atoms in total. The van der Waals surface area contributed by atoms with Gasteiger partial charge in [0.05, 0.1) is 32.6 Å². The van der Waals surface area contributed by atoms with Gasteiger partial charge in [-0.1, -0.05) is 6.07 Å². The fourth-order valence-electron chi connectivity index (χ4n) is 4.15. The fourth-order valence-corrected chi connectivity index (χ4v) is 4.15. The number of benzene rings is 2. The number of rotatable bonds is 6. The van der Waals surface area contributed by atoms with Gasteiger partial charge >= 0.3 is 0 Å². The number of carbonyl (C=O) groups is 2. The van der Waals surface area contributed by atoms with Crippen LogP contribution >= 0.6 is 0 Å². The van der Waals surface area contributed by atoms with E-state index in [-0.39, 0.29) is 11.8 Å². The highest BCUT2D eigenvalue weighted by Gasteiger charge is 2.42. The van der Waals surface area contributed by atoms with E-state index in [1.54, 1.807) is 63.8 Å². The number of hydrogen-bond donors (Lipinski definition) is 0. The second-order valence-electron chi connectivity index (χ2n) is 7.48. The Kier molecular flexibility index (Phi) is 5.84. The molecule has 2 aromatic carbocycles. The lowest BCUT2D eigenvalue weighted by Gasteiger charge is -2.29. The first-order chi connectivity index (χ1) is 15.1. The summed E-state index contributed by atoms with van der Waals surface area (Å²) in [6.45, 7) is 1.50. The van der Waals surface area contributed by atoms with Gasteiger partial charge < -0.3 is 19.1 Å². The van der Waals surface area contributed by atoms with Crippen LogP contribution in [-0.2, 0) is 9.59 Å². The molecule has 31 heavy (non-hydrogen) atoms. The molecule has 1 fully saturated rings. The minimum Gasteiger partial charge on any atom is -0.497 e. The molecule has 0 bridgehead atoms. The van der Waals surface area contributed by atoms with Crippen molar-refractivity contribution in [2.75, 3.05) is 39.3 Å². The maximum atomic E-state index is 13.6.